The van der Waals surface area contributed by atoms with E-state index in [1.807, 2.05) is 25.1 Å². The minimum Gasteiger partial charge on any atom is -0.379 e. The molecule has 0 heterocycles. The van der Waals surface area contributed by atoms with Gasteiger partial charge in [-0.2, -0.15) is 0 Å². The highest BCUT2D eigenvalue weighted by molar-refractivity contribution is 6.30. The predicted molar refractivity (Wildman–Crippen MR) is 81.3 cm³/mol. The van der Waals surface area contributed by atoms with Crippen molar-refractivity contribution in [1.82, 2.24) is 0 Å². The van der Waals surface area contributed by atoms with Gasteiger partial charge in [-0.1, -0.05) is 23.7 Å². The van der Waals surface area contributed by atoms with Gasteiger partial charge in [-0.3, -0.25) is 10.1 Å². The molecular formula is C15H15ClN2O2. The van der Waals surface area contributed by atoms with E-state index in [2.05, 4.69) is 5.32 Å². The Kier molecular flexibility index (Phi) is 4.25. The molecule has 0 radical (unpaired) electrons. The Morgan fingerprint density at radius 1 is 1.20 bits per heavy atom. The second-order valence-electron chi connectivity index (χ2n) is 4.68. The number of halogens is 1. The number of nitrogens with zero attached hydrogens (tertiary/aromatic N) is 1. The van der Waals surface area contributed by atoms with Crippen LogP contribution in [0.3, 0.4) is 0 Å². The van der Waals surface area contributed by atoms with Gasteiger partial charge >= 0.3 is 0 Å². The predicted octanol–water partition coefficient (Wildman–Crippen LogP) is 4.73. The summed E-state index contributed by atoms with van der Waals surface area (Å²) >= 11 is 5.84. The van der Waals surface area contributed by atoms with Crippen molar-refractivity contribution in [2.24, 2.45) is 0 Å². The lowest BCUT2D eigenvalue weighted by molar-refractivity contribution is -0.385. The summed E-state index contributed by atoms with van der Waals surface area (Å²) in [6, 6.07) is 12.6. The first-order valence-corrected chi connectivity index (χ1v) is 6.62. The van der Waals surface area contributed by atoms with Crippen LogP contribution in [-0.4, -0.2) is 4.92 Å². The second kappa shape index (κ2) is 5.92. The fourth-order valence-corrected chi connectivity index (χ4v) is 2.10. The van der Waals surface area contributed by atoms with E-state index in [1.54, 1.807) is 31.2 Å². The Hall–Kier alpha value is -2.07. The van der Waals surface area contributed by atoms with E-state index in [0.717, 1.165) is 11.3 Å². The van der Waals surface area contributed by atoms with Crippen LogP contribution in [0.4, 0.5) is 11.4 Å². The molecular weight excluding hydrogens is 276 g/mol. The van der Waals surface area contributed by atoms with Crippen LogP contribution in [0.15, 0.2) is 42.5 Å². The molecule has 1 unspecified atom stereocenters. The van der Waals surface area contributed by atoms with E-state index in [4.69, 9.17) is 11.6 Å². The Labute approximate surface area is 122 Å². The molecule has 5 heteroatoms. The third kappa shape index (κ3) is 3.27. The molecule has 0 bridgehead atoms. The van der Waals surface area contributed by atoms with Gasteiger partial charge < -0.3 is 5.32 Å². The van der Waals surface area contributed by atoms with Gasteiger partial charge in [-0.25, -0.2) is 0 Å². The van der Waals surface area contributed by atoms with Crippen LogP contribution < -0.4 is 5.32 Å². The molecule has 104 valence electrons. The number of nitro benzene ring substituents is 1. The fourth-order valence-electron chi connectivity index (χ4n) is 1.97. The molecule has 0 amide bonds. The average Bonchev–Trinajstić information content (AvgIpc) is 2.41. The van der Waals surface area contributed by atoms with Crippen LogP contribution in [0.2, 0.25) is 5.02 Å². The lowest BCUT2D eigenvalue weighted by Crippen LogP contribution is -2.07. The highest BCUT2D eigenvalue weighted by Crippen LogP contribution is 2.26. The van der Waals surface area contributed by atoms with E-state index < -0.39 is 0 Å². The van der Waals surface area contributed by atoms with Crippen LogP contribution in [0, 0.1) is 17.0 Å². The number of nitrogens with one attached hydrogen (secondary N) is 1. The molecule has 20 heavy (non-hydrogen) atoms. The quantitative estimate of drug-likeness (QED) is 0.654. The second-order valence-corrected chi connectivity index (χ2v) is 5.11. The standard InChI is InChI=1S/C15H15ClN2O2/c1-10-3-4-12(9-15(10)18(19)20)11(2)17-14-7-5-13(16)6-8-14/h3-9,11,17H,1-2H3. The van der Waals surface area contributed by atoms with Gasteiger partial charge in [0.05, 0.1) is 4.92 Å². The molecule has 1 atom stereocenters. The molecule has 2 aromatic rings. The number of benzene rings is 2. The molecule has 0 aliphatic rings. The maximum absolute atomic E-state index is 11.0. The number of nitro groups is 1. The number of rotatable bonds is 4. The third-order valence-electron chi connectivity index (χ3n) is 3.16. The maximum Gasteiger partial charge on any atom is 0.272 e. The normalized spacial score (nSPS) is 11.9. The van der Waals surface area contributed by atoms with Gasteiger partial charge in [0.25, 0.3) is 5.69 Å². The Balaban J connectivity index is 2.20. The lowest BCUT2D eigenvalue weighted by atomic mass is 10.0. The maximum atomic E-state index is 11.0. The summed E-state index contributed by atoms with van der Waals surface area (Å²) in [4.78, 5) is 10.6. The topological polar surface area (TPSA) is 55.2 Å². The average molecular weight is 291 g/mol. The molecule has 0 aliphatic carbocycles. The molecule has 0 aromatic heterocycles. The van der Waals surface area contributed by atoms with Crippen molar-refractivity contribution in [2.45, 2.75) is 19.9 Å². The van der Waals surface area contributed by atoms with Crippen molar-refractivity contribution >= 4 is 23.0 Å². The van der Waals surface area contributed by atoms with Gasteiger partial charge in [-0.15, -0.1) is 0 Å². The summed E-state index contributed by atoms with van der Waals surface area (Å²) in [7, 11) is 0. The van der Waals surface area contributed by atoms with Gasteiger partial charge in [0.15, 0.2) is 0 Å². The number of hydrogen-bond acceptors (Lipinski definition) is 3. The number of hydrogen-bond donors (Lipinski definition) is 1. The lowest BCUT2D eigenvalue weighted by Gasteiger charge is -2.16. The minimum atomic E-state index is -0.353. The van der Waals surface area contributed by atoms with Crippen LogP contribution in [0.25, 0.3) is 0 Å². The highest BCUT2D eigenvalue weighted by Gasteiger charge is 2.14. The molecule has 0 saturated carbocycles. The summed E-state index contributed by atoms with van der Waals surface area (Å²) in [6.07, 6.45) is 0. The van der Waals surface area contributed by atoms with Gasteiger partial charge in [0, 0.05) is 28.4 Å². The first-order chi connectivity index (χ1) is 9.47. The fraction of sp³-hybridized carbons (Fsp3) is 0.200. The van der Waals surface area contributed by atoms with Crippen LogP contribution in [-0.2, 0) is 0 Å². The van der Waals surface area contributed by atoms with Crippen molar-refractivity contribution in [3.05, 3.63) is 68.7 Å². The van der Waals surface area contributed by atoms with E-state index in [1.165, 1.54) is 0 Å². The Bertz CT molecular complexity index is 626. The summed E-state index contributed by atoms with van der Waals surface area (Å²) < 4.78 is 0. The highest BCUT2D eigenvalue weighted by atomic mass is 35.5. The van der Waals surface area contributed by atoms with E-state index in [0.29, 0.717) is 10.6 Å². The van der Waals surface area contributed by atoms with Crippen LogP contribution >= 0.6 is 11.6 Å². The van der Waals surface area contributed by atoms with E-state index in [9.17, 15) is 10.1 Å². The molecule has 0 fully saturated rings. The molecule has 0 aliphatic heterocycles. The minimum absolute atomic E-state index is 0.0320. The largest absolute Gasteiger partial charge is 0.379 e. The zero-order valence-corrected chi connectivity index (χ0v) is 12.0. The number of aryl methyl sites for hydroxylation is 1. The molecule has 0 saturated heterocycles. The summed E-state index contributed by atoms with van der Waals surface area (Å²) in [5.74, 6) is 0. The Morgan fingerprint density at radius 3 is 2.45 bits per heavy atom. The van der Waals surface area contributed by atoms with Gasteiger partial charge in [0.1, 0.15) is 0 Å². The van der Waals surface area contributed by atoms with Crippen LogP contribution in [0.1, 0.15) is 24.1 Å². The van der Waals surface area contributed by atoms with Crippen molar-refractivity contribution in [3.8, 4) is 0 Å². The van der Waals surface area contributed by atoms with Crippen molar-refractivity contribution < 1.29 is 4.92 Å². The molecule has 0 spiro atoms. The summed E-state index contributed by atoms with van der Waals surface area (Å²) in [5.41, 5.74) is 2.60. The van der Waals surface area contributed by atoms with Crippen molar-refractivity contribution in [2.75, 3.05) is 5.32 Å². The SMILES string of the molecule is Cc1ccc(C(C)Nc2ccc(Cl)cc2)cc1[N+](=O)[O-]. The first-order valence-electron chi connectivity index (χ1n) is 6.24. The van der Waals surface area contributed by atoms with Gasteiger partial charge in [0.2, 0.25) is 0 Å². The zero-order valence-electron chi connectivity index (χ0n) is 11.3. The van der Waals surface area contributed by atoms with E-state index in [-0.39, 0.29) is 16.7 Å². The first kappa shape index (κ1) is 14.3. The van der Waals surface area contributed by atoms with Gasteiger partial charge in [-0.05, 0) is 43.7 Å². The molecule has 4 nitrogen and oxygen atoms in total. The smallest absolute Gasteiger partial charge is 0.272 e. The van der Waals surface area contributed by atoms with Crippen molar-refractivity contribution in [1.29, 1.82) is 0 Å². The van der Waals surface area contributed by atoms with Crippen LogP contribution in [0.5, 0.6) is 0 Å². The third-order valence-corrected chi connectivity index (χ3v) is 3.41. The molecule has 2 aromatic carbocycles. The summed E-state index contributed by atoms with van der Waals surface area (Å²) in [6.45, 7) is 3.70. The molecule has 1 N–H and O–H groups in total. The molecule has 2 rings (SSSR count). The van der Waals surface area contributed by atoms with E-state index >= 15 is 0 Å². The number of anilines is 1. The zero-order chi connectivity index (χ0) is 14.7. The monoisotopic (exact) mass is 290 g/mol. The van der Waals surface area contributed by atoms with Crippen molar-refractivity contribution in [3.63, 3.8) is 0 Å². The summed E-state index contributed by atoms with van der Waals surface area (Å²) in [5, 5.41) is 14.9. The Morgan fingerprint density at radius 2 is 1.85 bits per heavy atom.